The lowest BCUT2D eigenvalue weighted by atomic mass is 10.1. The third kappa shape index (κ3) is 1.63. The van der Waals surface area contributed by atoms with Crippen LogP contribution in [0.2, 0.25) is 0 Å². The molecule has 1 aliphatic heterocycles. The van der Waals surface area contributed by atoms with Gasteiger partial charge in [0.05, 0.1) is 0 Å². The predicted octanol–water partition coefficient (Wildman–Crippen LogP) is 2.62. The highest BCUT2D eigenvalue weighted by atomic mass is 15.2. The largest absolute Gasteiger partial charge is 0.303 e. The van der Waals surface area contributed by atoms with Gasteiger partial charge in [0.25, 0.3) is 0 Å². The van der Waals surface area contributed by atoms with Gasteiger partial charge in [-0.3, -0.25) is 0 Å². The molecule has 0 bridgehead atoms. The van der Waals surface area contributed by atoms with Crippen molar-refractivity contribution in [3.63, 3.8) is 0 Å². The van der Waals surface area contributed by atoms with Crippen molar-refractivity contribution < 1.29 is 0 Å². The van der Waals surface area contributed by atoms with Gasteiger partial charge in [-0.2, -0.15) is 0 Å². The molecule has 0 aromatic carbocycles. The zero-order chi connectivity index (χ0) is 9.64. The van der Waals surface area contributed by atoms with Gasteiger partial charge in [0, 0.05) is 13.1 Å². The highest BCUT2D eigenvalue weighted by molar-refractivity contribution is 5.11. The Hall–Kier alpha value is -0.0400. The molecule has 0 radical (unpaired) electrons. The molecular formula is C12H23N. The molecule has 0 N–H and O–H groups in total. The van der Waals surface area contributed by atoms with Crippen molar-refractivity contribution in [3.05, 3.63) is 0 Å². The highest BCUT2D eigenvalue weighted by Gasteiger charge is 2.61. The molecule has 2 rings (SSSR count). The van der Waals surface area contributed by atoms with Crippen LogP contribution in [-0.2, 0) is 0 Å². The molecule has 1 heteroatoms. The van der Waals surface area contributed by atoms with E-state index in [9.17, 15) is 0 Å². The van der Waals surface area contributed by atoms with Crippen LogP contribution in [0.4, 0.5) is 0 Å². The van der Waals surface area contributed by atoms with E-state index in [0.29, 0.717) is 5.41 Å². The lowest BCUT2D eigenvalue weighted by Crippen LogP contribution is -2.28. The molecule has 0 aromatic heterocycles. The van der Waals surface area contributed by atoms with E-state index in [0.717, 1.165) is 17.8 Å². The van der Waals surface area contributed by atoms with Crippen molar-refractivity contribution in [2.24, 2.45) is 23.2 Å². The first kappa shape index (κ1) is 9.51. The standard InChI is InChI=1S/C12H23N/c1-9(2)5-6-13-7-10-11(8-13)12(10,3)4/h9-11H,5-8H2,1-4H3. The van der Waals surface area contributed by atoms with E-state index in [1.54, 1.807) is 0 Å². The van der Waals surface area contributed by atoms with Crippen LogP contribution < -0.4 is 0 Å². The molecule has 2 unspecified atom stereocenters. The summed E-state index contributed by atoms with van der Waals surface area (Å²) >= 11 is 0. The van der Waals surface area contributed by atoms with Crippen molar-refractivity contribution in [1.82, 2.24) is 4.90 Å². The van der Waals surface area contributed by atoms with Crippen molar-refractivity contribution in [2.45, 2.75) is 34.1 Å². The van der Waals surface area contributed by atoms with Crippen LogP contribution in [0.5, 0.6) is 0 Å². The first-order valence-corrected chi connectivity index (χ1v) is 5.74. The fraction of sp³-hybridized carbons (Fsp3) is 1.00. The Morgan fingerprint density at radius 2 is 1.77 bits per heavy atom. The predicted molar refractivity (Wildman–Crippen MR) is 56.7 cm³/mol. The monoisotopic (exact) mass is 181 g/mol. The molecule has 1 saturated heterocycles. The lowest BCUT2D eigenvalue weighted by Gasteiger charge is -2.22. The molecule has 0 amide bonds. The Bertz CT molecular complexity index is 181. The SMILES string of the molecule is CC(C)CCN1CC2C(C1)C2(C)C. The van der Waals surface area contributed by atoms with Crippen molar-refractivity contribution in [3.8, 4) is 0 Å². The maximum absolute atomic E-state index is 2.67. The summed E-state index contributed by atoms with van der Waals surface area (Å²) in [4.78, 5) is 2.67. The van der Waals surface area contributed by atoms with Gasteiger partial charge in [-0.1, -0.05) is 27.7 Å². The molecule has 0 aromatic rings. The van der Waals surface area contributed by atoms with Crippen LogP contribution in [0.25, 0.3) is 0 Å². The second-order valence-corrected chi connectivity index (χ2v) is 5.98. The zero-order valence-corrected chi connectivity index (χ0v) is 9.51. The molecule has 0 spiro atoms. The maximum atomic E-state index is 2.67. The van der Waals surface area contributed by atoms with E-state index >= 15 is 0 Å². The number of piperidine rings is 1. The van der Waals surface area contributed by atoms with Gasteiger partial charge in [0.1, 0.15) is 0 Å². The van der Waals surface area contributed by atoms with E-state index in [4.69, 9.17) is 0 Å². The van der Waals surface area contributed by atoms with Crippen molar-refractivity contribution in [1.29, 1.82) is 0 Å². The van der Waals surface area contributed by atoms with Gasteiger partial charge in [-0.25, -0.2) is 0 Å². The Morgan fingerprint density at radius 3 is 2.23 bits per heavy atom. The van der Waals surface area contributed by atoms with Gasteiger partial charge in [-0.05, 0) is 36.1 Å². The van der Waals surface area contributed by atoms with Gasteiger partial charge < -0.3 is 4.90 Å². The summed E-state index contributed by atoms with van der Waals surface area (Å²) in [7, 11) is 0. The van der Waals surface area contributed by atoms with E-state index in [2.05, 4.69) is 32.6 Å². The Kier molecular flexibility index (Phi) is 2.18. The highest BCUT2D eigenvalue weighted by Crippen LogP contribution is 2.61. The number of fused-ring (bicyclic) bond motifs is 1. The molecule has 13 heavy (non-hydrogen) atoms. The topological polar surface area (TPSA) is 3.24 Å². The summed E-state index contributed by atoms with van der Waals surface area (Å²) in [6.45, 7) is 13.6. The first-order valence-electron chi connectivity index (χ1n) is 5.74. The third-order valence-electron chi connectivity index (χ3n) is 4.22. The zero-order valence-electron chi connectivity index (χ0n) is 9.51. The van der Waals surface area contributed by atoms with E-state index in [1.807, 2.05) is 0 Å². The fourth-order valence-electron chi connectivity index (χ4n) is 2.84. The normalized spacial score (nSPS) is 36.7. The summed E-state index contributed by atoms with van der Waals surface area (Å²) in [5.74, 6) is 2.92. The number of hydrogen-bond donors (Lipinski definition) is 0. The molecule has 1 heterocycles. The minimum absolute atomic E-state index is 0.689. The van der Waals surface area contributed by atoms with E-state index < -0.39 is 0 Å². The Balaban J connectivity index is 1.72. The minimum Gasteiger partial charge on any atom is -0.303 e. The maximum Gasteiger partial charge on any atom is 0.00183 e. The average molecular weight is 181 g/mol. The van der Waals surface area contributed by atoms with Crippen LogP contribution in [-0.4, -0.2) is 24.5 Å². The minimum atomic E-state index is 0.689. The van der Waals surface area contributed by atoms with Crippen molar-refractivity contribution >= 4 is 0 Å². The van der Waals surface area contributed by atoms with Gasteiger partial charge in [0.15, 0.2) is 0 Å². The van der Waals surface area contributed by atoms with Crippen LogP contribution in [0.15, 0.2) is 0 Å². The molecule has 1 saturated carbocycles. The summed E-state index contributed by atoms with van der Waals surface area (Å²) in [6, 6.07) is 0. The summed E-state index contributed by atoms with van der Waals surface area (Å²) < 4.78 is 0. The molecule has 76 valence electrons. The second-order valence-electron chi connectivity index (χ2n) is 5.98. The molecule has 1 aliphatic carbocycles. The Labute approximate surface area is 82.5 Å². The third-order valence-corrected chi connectivity index (χ3v) is 4.22. The van der Waals surface area contributed by atoms with Gasteiger partial charge in [-0.15, -0.1) is 0 Å². The summed E-state index contributed by atoms with van der Waals surface area (Å²) in [5, 5.41) is 0. The molecule has 2 atom stereocenters. The number of hydrogen-bond acceptors (Lipinski definition) is 1. The number of rotatable bonds is 3. The molecule has 2 aliphatic rings. The molecule has 1 nitrogen and oxygen atoms in total. The number of nitrogens with zero attached hydrogens (tertiary/aromatic N) is 1. The summed E-state index contributed by atoms with van der Waals surface area (Å²) in [5.41, 5.74) is 0.689. The van der Waals surface area contributed by atoms with E-state index in [-0.39, 0.29) is 0 Å². The molecule has 2 fully saturated rings. The van der Waals surface area contributed by atoms with Crippen LogP contribution in [0.1, 0.15) is 34.1 Å². The van der Waals surface area contributed by atoms with E-state index in [1.165, 1.54) is 26.1 Å². The number of likely N-dealkylation sites (tertiary alicyclic amines) is 1. The first-order chi connectivity index (χ1) is 6.01. The van der Waals surface area contributed by atoms with Crippen LogP contribution >= 0.6 is 0 Å². The Morgan fingerprint density at radius 1 is 1.23 bits per heavy atom. The quantitative estimate of drug-likeness (QED) is 0.647. The smallest absolute Gasteiger partial charge is 0.00183 e. The second kappa shape index (κ2) is 2.98. The van der Waals surface area contributed by atoms with Crippen LogP contribution in [0, 0.1) is 23.2 Å². The van der Waals surface area contributed by atoms with Gasteiger partial charge in [0.2, 0.25) is 0 Å². The van der Waals surface area contributed by atoms with Crippen LogP contribution in [0.3, 0.4) is 0 Å². The molecular weight excluding hydrogens is 158 g/mol. The van der Waals surface area contributed by atoms with Gasteiger partial charge >= 0.3 is 0 Å². The summed E-state index contributed by atoms with van der Waals surface area (Å²) in [6.07, 6.45) is 1.37. The van der Waals surface area contributed by atoms with Crippen molar-refractivity contribution in [2.75, 3.05) is 19.6 Å². The lowest BCUT2D eigenvalue weighted by molar-refractivity contribution is 0.246. The average Bonchev–Trinajstić information content (AvgIpc) is 2.51. The fourth-order valence-corrected chi connectivity index (χ4v) is 2.84.